The molecular formula is C20H33N7O. The lowest BCUT2D eigenvalue weighted by Crippen LogP contribution is -2.28. The van der Waals surface area contributed by atoms with Crippen LogP contribution in [0.4, 0.5) is 23.3 Å². The number of nitrogen functional groups attached to an aromatic ring is 1. The molecule has 154 valence electrons. The Morgan fingerprint density at radius 3 is 2.14 bits per heavy atom. The number of hydrogen-bond acceptors (Lipinski definition) is 8. The zero-order valence-electron chi connectivity index (χ0n) is 17.0. The summed E-state index contributed by atoms with van der Waals surface area (Å²) in [5.74, 6) is 0.645. The first kappa shape index (κ1) is 21.7. The van der Waals surface area contributed by atoms with E-state index >= 15 is 0 Å². The van der Waals surface area contributed by atoms with E-state index in [1.54, 1.807) is 12.1 Å². The van der Waals surface area contributed by atoms with Crippen molar-refractivity contribution in [2.45, 2.75) is 46.0 Å². The third-order valence-electron chi connectivity index (χ3n) is 4.38. The van der Waals surface area contributed by atoms with Crippen molar-refractivity contribution < 1.29 is 5.11 Å². The van der Waals surface area contributed by atoms with Gasteiger partial charge in [-0.3, -0.25) is 0 Å². The summed E-state index contributed by atoms with van der Waals surface area (Å²) < 4.78 is 0. The third kappa shape index (κ3) is 7.96. The molecule has 0 aliphatic carbocycles. The van der Waals surface area contributed by atoms with Gasteiger partial charge >= 0.3 is 6.01 Å². The van der Waals surface area contributed by atoms with Crippen LogP contribution in [0, 0.1) is 0 Å². The molecule has 0 saturated heterocycles. The number of aromatic nitrogens is 3. The second-order valence-electron chi connectivity index (χ2n) is 6.86. The fraction of sp³-hybridized carbons (Fsp3) is 0.550. The number of nitrogens with one attached hydrogen (secondary N) is 2. The molecule has 0 unspecified atom stereocenters. The van der Waals surface area contributed by atoms with E-state index in [1.165, 1.54) is 25.7 Å². The van der Waals surface area contributed by atoms with Crippen LogP contribution in [0.3, 0.4) is 0 Å². The van der Waals surface area contributed by atoms with Crippen molar-refractivity contribution in [1.29, 1.82) is 0 Å². The van der Waals surface area contributed by atoms with Gasteiger partial charge in [0.1, 0.15) is 0 Å². The SMILES string of the molecule is CCCCN(CCCC)CCCNc1nc(O)nc(Nc2ccc(N)cc2)n1. The van der Waals surface area contributed by atoms with E-state index in [0.717, 1.165) is 38.3 Å². The van der Waals surface area contributed by atoms with Gasteiger partial charge in [0.05, 0.1) is 0 Å². The van der Waals surface area contributed by atoms with Gasteiger partial charge in [0, 0.05) is 17.9 Å². The van der Waals surface area contributed by atoms with Crippen molar-refractivity contribution in [2.24, 2.45) is 0 Å². The van der Waals surface area contributed by atoms with E-state index < -0.39 is 0 Å². The van der Waals surface area contributed by atoms with E-state index in [-0.39, 0.29) is 12.0 Å². The van der Waals surface area contributed by atoms with Gasteiger partial charge in [0.25, 0.3) is 0 Å². The van der Waals surface area contributed by atoms with Crippen molar-refractivity contribution in [3.63, 3.8) is 0 Å². The summed E-state index contributed by atoms with van der Waals surface area (Å²) in [5.41, 5.74) is 7.15. The smallest absolute Gasteiger partial charge is 0.320 e. The van der Waals surface area contributed by atoms with Crippen LogP contribution >= 0.6 is 0 Å². The Balaban J connectivity index is 1.84. The van der Waals surface area contributed by atoms with E-state index in [9.17, 15) is 5.11 Å². The van der Waals surface area contributed by atoms with Gasteiger partial charge in [-0.15, -0.1) is 0 Å². The summed E-state index contributed by atoms with van der Waals surface area (Å²) in [6, 6.07) is 6.90. The molecule has 8 nitrogen and oxygen atoms in total. The first-order valence-electron chi connectivity index (χ1n) is 10.1. The van der Waals surface area contributed by atoms with Crippen molar-refractivity contribution in [3.8, 4) is 6.01 Å². The first-order valence-corrected chi connectivity index (χ1v) is 10.1. The quantitative estimate of drug-likeness (QED) is 0.305. The van der Waals surface area contributed by atoms with Gasteiger partial charge in [0.2, 0.25) is 11.9 Å². The molecule has 5 N–H and O–H groups in total. The van der Waals surface area contributed by atoms with Gasteiger partial charge in [-0.1, -0.05) is 26.7 Å². The average Bonchev–Trinajstić information content (AvgIpc) is 2.68. The van der Waals surface area contributed by atoms with Crippen LogP contribution in [0.1, 0.15) is 46.0 Å². The zero-order chi connectivity index (χ0) is 20.2. The second kappa shape index (κ2) is 12.0. The monoisotopic (exact) mass is 387 g/mol. The van der Waals surface area contributed by atoms with E-state index in [1.807, 2.05) is 12.1 Å². The Kier molecular flexibility index (Phi) is 9.27. The minimum Gasteiger partial charge on any atom is -0.479 e. The van der Waals surface area contributed by atoms with Crippen molar-refractivity contribution in [3.05, 3.63) is 24.3 Å². The van der Waals surface area contributed by atoms with Crippen LogP contribution in [0.2, 0.25) is 0 Å². The van der Waals surface area contributed by atoms with Crippen LogP contribution in [-0.4, -0.2) is 51.1 Å². The molecule has 0 bridgehead atoms. The van der Waals surface area contributed by atoms with Crippen molar-refractivity contribution in [2.75, 3.05) is 42.5 Å². The standard InChI is InChI=1S/C20H33N7O/c1-3-5-13-27(14-6-4-2)15-7-12-22-18-24-19(26-20(28)25-18)23-17-10-8-16(21)9-11-17/h8-11H,3-7,12-15,21H2,1-2H3,(H3,22,23,24,25,26,28). The maximum atomic E-state index is 9.78. The van der Waals surface area contributed by atoms with E-state index in [0.29, 0.717) is 11.6 Å². The molecule has 28 heavy (non-hydrogen) atoms. The van der Waals surface area contributed by atoms with E-state index in [4.69, 9.17) is 5.73 Å². The number of nitrogens with zero attached hydrogens (tertiary/aromatic N) is 4. The molecule has 1 aromatic heterocycles. The minimum absolute atomic E-state index is 0.285. The number of hydrogen-bond donors (Lipinski definition) is 4. The summed E-state index contributed by atoms with van der Waals surface area (Å²) in [5, 5.41) is 16.0. The van der Waals surface area contributed by atoms with Crippen LogP contribution < -0.4 is 16.4 Å². The summed E-state index contributed by atoms with van der Waals surface area (Å²) in [6.07, 6.45) is 5.89. The summed E-state index contributed by atoms with van der Waals surface area (Å²) >= 11 is 0. The first-order chi connectivity index (χ1) is 13.6. The predicted molar refractivity (Wildman–Crippen MR) is 115 cm³/mol. The Bertz CT molecular complexity index is 685. The molecule has 0 atom stereocenters. The maximum absolute atomic E-state index is 9.78. The highest BCUT2D eigenvalue weighted by Gasteiger charge is 2.07. The van der Waals surface area contributed by atoms with Gasteiger partial charge in [-0.25, -0.2) is 0 Å². The van der Waals surface area contributed by atoms with Crippen LogP contribution in [-0.2, 0) is 0 Å². The summed E-state index contributed by atoms with van der Waals surface area (Å²) in [4.78, 5) is 14.7. The molecule has 8 heteroatoms. The molecule has 1 heterocycles. The molecule has 0 spiro atoms. The predicted octanol–water partition coefficient (Wildman–Crippen LogP) is 3.61. The highest BCUT2D eigenvalue weighted by Crippen LogP contribution is 2.17. The van der Waals surface area contributed by atoms with Crippen LogP contribution in [0.5, 0.6) is 6.01 Å². The number of benzene rings is 1. The lowest BCUT2D eigenvalue weighted by Gasteiger charge is -2.21. The molecule has 0 amide bonds. The van der Waals surface area contributed by atoms with Gasteiger partial charge in [-0.05, 0) is 63.2 Å². The maximum Gasteiger partial charge on any atom is 0.320 e. The lowest BCUT2D eigenvalue weighted by molar-refractivity contribution is 0.264. The van der Waals surface area contributed by atoms with Crippen molar-refractivity contribution in [1.82, 2.24) is 19.9 Å². The van der Waals surface area contributed by atoms with Crippen LogP contribution in [0.25, 0.3) is 0 Å². The van der Waals surface area contributed by atoms with Crippen molar-refractivity contribution >= 4 is 23.3 Å². The highest BCUT2D eigenvalue weighted by molar-refractivity contribution is 5.57. The highest BCUT2D eigenvalue weighted by atomic mass is 16.3. The Morgan fingerprint density at radius 1 is 0.893 bits per heavy atom. The Hall–Kier alpha value is -2.61. The summed E-state index contributed by atoms with van der Waals surface area (Å²) in [6.45, 7) is 8.53. The fourth-order valence-corrected chi connectivity index (χ4v) is 2.80. The minimum atomic E-state index is -0.317. The molecule has 0 aliphatic rings. The molecule has 2 rings (SSSR count). The molecule has 0 fully saturated rings. The Morgan fingerprint density at radius 2 is 1.50 bits per heavy atom. The fourth-order valence-electron chi connectivity index (χ4n) is 2.80. The molecule has 2 aromatic rings. The zero-order valence-corrected chi connectivity index (χ0v) is 17.0. The normalized spacial score (nSPS) is 11.0. The molecule has 0 radical (unpaired) electrons. The summed E-state index contributed by atoms with van der Waals surface area (Å²) in [7, 11) is 0. The molecule has 1 aromatic carbocycles. The molecule has 0 aliphatic heterocycles. The third-order valence-corrected chi connectivity index (χ3v) is 4.38. The lowest BCUT2D eigenvalue weighted by atomic mass is 10.2. The van der Waals surface area contributed by atoms with Gasteiger partial charge in [0.15, 0.2) is 0 Å². The van der Waals surface area contributed by atoms with Gasteiger partial charge < -0.3 is 26.4 Å². The number of rotatable bonds is 13. The van der Waals surface area contributed by atoms with E-state index in [2.05, 4.69) is 44.3 Å². The number of unbranched alkanes of at least 4 members (excludes halogenated alkanes) is 2. The topological polar surface area (TPSA) is 112 Å². The average molecular weight is 388 g/mol. The number of aromatic hydroxyl groups is 1. The Labute approximate surface area is 167 Å². The number of anilines is 4. The van der Waals surface area contributed by atoms with Crippen LogP contribution in [0.15, 0.2) is 24.3 Å². The molecule has 0 saturated carbocycles. The van der Waals surface area contributed by atoms with Gasteiger partial charge in [-0.2, -0.15) is 15.0 Å². The second-order valence-corrected chi connectivity index (χ2v) is 6.86. The molecular weight excluding hydrogens is 354 g/mol. The largest absolute Gasteiger partial charge is 0.479 e. The number of nitrogens with two attached hydrogens (primary N) is 1.